The van der Waals surface area contributed by atoms with Gasteiger partial charge in [0.15, 0.2) is 0 Å². The highest BCUT2D eigenvalue weighted by molar-refractivity contribution is 6.33. The Labute approximate surface area is 168 Å². The van der Waals surface area contributed by atoms with E-state index in [2.05, 4.69) is 15.9 Å². The Morgan fingerprint density at radius 3 is 2.64 bits per heavy atom. The molecule has 1 aromatic carbocycles. The number of esters is 1. The Hall–Kier alpha value is -2.82. The van der Waals surface area contributed by atoms with Crippen molar-refractivity contribution in [2.24, 2.45) is 0 Å². The van der Waals surface area contributed by atoms with Crippen LogP contribution in [0, 0.1) is 12.3 Å². The summed E-state index contributed by atoms with van der Waals surface area (Å²) in [6.07, 6.45) is 7.61. The summed E-state index contributed by atoms with van der Waals surface area (Å²) < 4.78 is 5.91. The maximum Gasteiger partial charge on any atom is 0.340 e. The second-order valence-corrected chi connectivity index (χ2v) is 6.73. The molecule has 0 bridgehead atoms. The number of anilines is 1. The lowest BCUT2D eigenvalue weighted by Gasteiger charge is -2.35. The molecule has 1 aromatic heterocycles. The van der Waals surface area contributed by atoms with Crippen LogP contribution in [0.2, 0.25) is 5.02 Å². The first-order valence-corrected chi connectivity index (χ1v) is 9.31. The Balaban J connectivity index is 1.87. The molecule has 8 heteroatoms. The number of methoxy groups -OCH3 is 1. The number of aromatic nitrogens is 2. The number of halogens is 1. The van der Waals surface area contributed by atoms with Crippen LogP contribution in [0.1, 0.15) is 16.8 Å². The fourth-order valence-corrected chi connectivity index (χ4v) is 3.44. The van der Waals surface area contributed by atoms with Crippen LogP contribution in [-0.2, 0) is 4.74 Å². The third kappa shape index (κ3) is 4.03. The predicted molar refractivity (Wildman–Crippen MR) is 108 cm³/mol. The topological polar surface area (TPSA) is 67.7 Å². The average Bonchev–Trinajstić information content (AvgIpc) is 2.74. The molecular formula is C20H21ClN4O3. The number of hydrogen-bond acceptors (Lipinski definition) is 6. The summed E-state index contributed by atoms with van der Waals surface area (Å²) in [6.45, 7) is 4.00. The molecule has 146 valence electrons. The summed E-state index contributed by atoms with van der Waals surface area (Å²) in [7, 11) is 1.29. The first-order valence-electron chi connectivity index (χ1n) is 8.93. The zero-order valence-corrected chi connectivity index (χ0v) is 16.4. The van der Waals surface area contributed by atoms with E-state index in [9.17, 15) is 9.59 Å². The fraction of sp³-hybridized carbons (Fsp3) is 0.350. The van der Waals surface area contributed by atoms with Crippen molar-refractivity contribution in [3.63, 3.8) is 0 Å². The number of benzene rings is 1. The molecule has 0 spiro atoms. The molecule has 1 saturated heterocycles. The second kappa shape index (κ2) is 8.91. The molecule has 0 atom stereocenters. The first-order chi connectivity index (χ1) is 13.6. The highest BCUT2D eigenvalue weighted by Gasteiger charge is 2.22. The van der Waals surface area contributed by atoms with Crippen molar-refractivity contribution in [1.29, 1.82) is 0 Å². The van der Waals surface area contributed by atoms with Gasteiger partial charge >= 0.3 is 5.97 Å². The molecule has 0 aliphatic carbocycles. The quantitative estimate of drug-likeness (QED) is 0.563. The van der Waals surface area contributed by atoms with E-state index < -0.39 is 11.5 Å². The molecule has 0 radical (unpaired) electrons. The van der Waals surface area contributed by atoms with Crippen molar-refractivity contribution >= 4 is 23.3 Å². The van der Waals surface area contributed by atoms with Gasteiger partial charge in [-0.15, -0.1) is 12.3 Å². The van der Waals surface area contributed by atoms with Gasteiger partial charge < -0.3 is 9.64 Å². The number of terminal acetylenes is 1. The minimum atomic E-state index is -0.549. The summed E-state index contributed by atoms with van der Waals surface area (Å²) in [5.41, 5.74) is 0.679. The van der Waals surface area contributed by atoms with Crippen molar-refractivity contribution in [2.45, 2.75) is 6.42 Å². The zero-order chi connectivity index (χ0) is 20.1. The van der Waals surface area contributed by atoms with E-state index in [1.807, 2.05) is 4.90 Å². The van der Waals surface area contributed by atoms with Gasteiger partial charge in [-0.2, -0.15) is 9.78 Å². The summed E-state index contributed by atoms with van der Waals surface area (Å²) in [4.78, 5) is 29.2. The van der Waals surface area contributed by atoms with Crippen LogP contribution in [0.4, 0.5) is 5.69 Å². The van der Waals surface area contributed by atoms with E-state index in [4.69, 9.17) is 22.8 Å². The summed E-state index contributed by atoms with van der Waals surface area (Å²) >= 11 is 6.40. The molecule has 1 aliphatic heterocycles. The first kappa shape index (κ1) is 19.9. The third-order valence-corrected chi connectivity index (χ3v) is 5.08. The molecule has 0 saturated carbocycles. The SMILES string of the molecule is C#CCCN1CCN(c2cnn(-c3ccccc3C(=O)OC)c(=O)c2Cl)CC1. The molecule has 7 nitrogen and oxygen atoms in total. The third-order valence-electron chi connectivity index (χ3n) is 4.72. The van der Waals surface area contributed by atoms with Crippen LogP contribution in [-0.4, -0.2) is 60.5 Å². The van der Waals surface area contributed by atoms with Gasteiger partial charge in [-0.05, 0) is 12.1 Å². The number of para-hydroxylation sites is 1. The average molecular weight is 401 g/mol. The van der Waals surface area contributed by atoms with Gasteiger partial charge in [-0.3, -0.25) is 9.69 Å². The molecule has 0 unspecified atom stereocenters. The van der Waals surface area contributed by atoms with Crippen LogP contribution in [0.15, 0.2) is 35.3 Å². The Bertz CT molecular complexity index is 959. The van der Waals surface area contributed by atoms with Gasteiger partial charge in [-0.1, -0.05) is 23.7 Å². The molecular weight excluding hydrogens is 380 g/mol. The molecule has 2 heterocycles. The van der Waals surface area contributed by atoms with Crippen molar-refractivity contribution in [3.05, 3.63) is 51.4 Å². The molecule has 0 amide bonds. The number of carbonyl (C=O) groups is 1. The number of carbonyl (C=O) groups excluding carboxylic acids is 1. The maximum absolute atomic E-state index is 12.9. The minimum absolute atomic E-state index is 0.0757. The van der Waals surface area contributed by atoms with Gasteiger partial charge in [0.25, 0.3) is 5.56 Å². The van der Waals surface area contributed by atoms with Crippen molar-refractivity contribution in [2.75, 3.05) is 44.7 Å². The van der Waals surface area contributed by atoms with Gasteiger partial charge in [-0.25, -0.2) is 4.79 Å². The highest BCUT2D eigenvalue weighted by atomic mass is 35.5. The molecule has 3 rings (SSSR count). The van der Waals surface area contributed by atoms with E-state index in [0.29, 0.717) is 11.4 Å². The van der Waals surface area contributed by atoms with Crippen molar-refractivity contribution in [1.82, 2.24) is 14.7 Å². The molecule has 2 aromatic rings. The Morgan fingerprint density at radius 2 is 1.96 bits per heavy atom. The number of piperazine rings is 1. The van der Waals surface area contributed by atoms with Crippen LogP contribution in [0.25, 0.3) is 5.69 Å². The predicted octanol–water partition coefficient (Wildman–Crippen LogP) is 1.82. The van der Waals surface area contributed by atoms with Crippen LogP contribution in [0.5, 0.6) is 0 Å². The molecule has 1 fully saturated rings. The Kier molecular flexibility index (Phi) is 6.34. The zero-order valence-electron chi connectivity index (χ0n) is 15.6. The smallest absolute Gasteiger partial charge is 0.340 e. The highest BCUT2D eigenvalue weighted by Crippen LogP contribution is 2.23. The van der Waals surface area contributed by atoms with E-state index in [-0.39, 0.29) is 10.6 Å². The largest absolute Gasteiger partial charge is 0.465 e. The van der Waals surface area contributed by atoms with E-state index in [0.717, 1.165) is 43.8 Å². The molecule has 28 heavy (non-hydrogen) atoms. The lowest BCUT2D eigenvalue weighted by molar-refractivity contribution is 0.0600. The number of ether oxygens (including phenoxy) is 1. The molecule has 1 aliphatic rings. The fourth-order valence-electron chi connectivity index (χ4n) is 3.19. The monoisotopic (exact) mass is 400 g/mol. The van der Waals surface area contributed by atoms with Crippen LogP contribution in [0.3, 0.4) is 0 Å². The maximum atomic E-state index is 12.9. The summed E-state index contributed by atoms with van der Waals surface area (Å²) in [6, 6.07) is 6.61. The number of nitrogens with zero attached hydrogens (tertiary/aromatic N) is 4. The lowest BCUT2D eigenvalue weighted by Crippen LogP contribution is -2.47. The van der Waals surface area contributed by atoms with E-state index in [1.165, 1.54) is 7.11 Å². The minimum Gasteiger partial charge on any atom is -0.465 e. The standard InChI is InChI=1S/C20H21ClN4O3/c1-3-4-9-23-10-12-24(13-11-23)17-14-22-25(19(26)18(17)21)16-8-6-5-7-15(16)20(27)28-2/h1,5-8,14H,4,9-13H2,2H3. The van der Waals surface area contributed by atoms with Crippen molar-refractivity contribution < 1.29 is 9.53 Å². The summed E-state index contributed by atoms with van der Waals surface area (Å²) in [5.74, 6) is 2.10. The second-order valence-electron chi connectivity index (χ2n) is 6.35. The number of rotatable bonds is 5. The molecule has 0 N–H and O–H groups in total. The lowest BCUT2D eigenvalue weighted by atomic mass is 10.2. The van der Waals surface area contributed by atoms with E-state index >= 15 is 0 Å². The normalized spacial score (nSPS) is 14.5. The van der Waals surface area contributed by atoms with Crippen LogP contribution >= 0.6 is 11.6 Å². The van der Waals surface area contributed by atoms with Crippen LogP contribution < -0.4 is 10.5 Å². The van der Waals surface area contributed by atoms with Gasteiger partial charge in [0.2, 0.25) is 0 Å². The number of hydrogen-bond donors (Lipinski definition) is 0. The van der Waals surface area contributed by atoms with Gasteiger partial charge in [0.1, 0.15) is 5.02 Å². The van der Waals surface area contributed by atoms with E-state index in [1.54, 1.807) is 30.5 Å². The van der Waals surface area contributed by atoms with Gasteiger partial charge in [0.05, 0.1) is 30.2 Å². The van der Waals surface area contributed by atoms with Crippen molar-refractivity contribution in [3.8, 4) is 18.0 Å². The Morgan fingerprint density at radius 1 is 1.25 bits per heavy atom. The van der Waals surface area contributed by atoms with Gasteiger partial charge in [0, 0.05) is 39.1 Å². The summed E-state index contributed by atoms with van der Waals surface area (Å²) in [5, 5.41) is 4.34.